The van der Waals surface area contributed by atoms with Crippen molar-refractivity contribution in [3.8, 4) is 0 Å². The average Bonchev–Trinajstić information content (AvgIpc) is 2.77. The minimum atomic E-state index is -0.452. The number of carbonyl (C=O) groups is 1. The second kappa shape index (κ2) is 5.73. The fraction of sp³-hybridized carbons (Fsp3) is 0.429. The maximum atomic E-state index is 11.9. The van der Waals surface area contributed by atoms with Crippen LogP contribution in [-0.2, 0) is 11.2 Å². The van der Waals surface area contributed by atoms with Gasteiger partial charge in [0.25, 0.3) is 0 Å². The van der Waals surface area contributed by atoms with Crippen LogP contribution in [0.2, 0.25) is 0 Å². The molecule has 0 bridgehead atoms. The first-order valence-corrected chi connectivity index (χ1v) is 6.53. The second-order valence-corrected chi connectivity index (χ2v) is 4.41. The Morgan fingerprint density at radius 3 is 2.74 bits per heavy atom. The first-order valence-electron chi connectivity index (χ1n) is 6.53. The van der Waals surface area contributed by atoms with E-state index in [2.05, 4.69) is 4.98 Å². The molecule has 102 valence electrons. The number of H-pyrrole nitrogens is 1. The summed E-state index contributed by atoms with van der Waals surface area (Å²) in [6.07, 6.45) is 1.15. The van der Waals surface area contributed by atoms with Crippen LogP contribution in [0.15, 0.2) is 27.4 Å². The summed E-state index contributed by atoms with van der Waals surface area (Å²) in [5.74, 6) is -0.294. The van der Waals surface area contributed by atoms with Crippen LogP contribution < -0.4 is 5.76 Å². The molecule has 1 aromatic carbocycles. The number of hydrogen-bond donors (Lipinski definition) is 1. The Morgan fingerprint density at radius 2 is 2.05 bits per heavy atom. The highest BCUT2D eigenvalue weighted by Gasteiger charge is 2.10. The molecule has 1 aromatic heterocycles. The van der Waals surface area contributed by atoms with Gasteiger partial charge in [0.2, 0.25) is 5.91 Å². The smallest absolute Gasteiger partial charge is 0.408 e. The first-order chi connectivity index (χ1) is 9.13. The van der Waals surface area contributed by atoms with Gasteiger partial charge in [-0.3, -0.25) is 9.78 Å². The predicted molar refractivity (Wildman–Crippen MR) is 73.1 cm³/mol. The molecule has 5 heteroatoms. The number of hydrogen-bond acceptors (Lipinski definition) is 3. The number of nitrogens with one attached hydrogen (secondary N) is 1. The van der Waals surface area contributed by atoms with Gasteiger partial charge in [0, 0.05) is 19.5 Å². The highest BCUT2D eigenvalue weighted by atomic mass is 16.4. The molecule has 1 N–H and O–H groups in total. The van der Waals surface area contributed by atoms with E-state index in [1.165, 1.54) is 0 Å². The molecule has 0 spiro atoms. The number of aryl methyl sites for hydroxylation is 1. The van der Waals surface area contributed by atoms with Crippen LogP contribution in [0.1, 0.15) is 25.8 Å². The van der Waals surface area contributed by atoms with Crippen molar-refractivity contribution in [1.82, 2.24) is 9.88 Å². The minimum absolute atomic E-state index is 0.158. The first kappa shape index (κ1) is 13.4. The lowest BCUT2D eigenvalue weighted by atomic mass is 10.1. The van der Waals surface area contributed by atoms with E-state index < -0.39 is 5.76 Å². The van der Waals surface area contributed by atoms with E-state index in [1.54, 1.807) is 6.07 Å². The van der Waals surface area contributed by atoms with Crippen LogP contribution in [0, 0.1) is 0 Å². The number of rotatable bonds is 5. The van der Waals surface area contributed by atoms with Crippen molar-refractivity contribution in [2.24, 2.45) is 0 Å². The van der Waals surface area contributed by atoms with Gasteiger partial charge >= 0.3 is 5.76 Å². The van der Waals surface area contributed by atoms with Crippen LogP contribution in [0.3, 0.4) is 0 Å². The summed E-state index contributed by atoms with van der Waals surface area (Å²) < 4.78 is 4.94. The molecule has 0 aliphatic rings. The average molecular weight is 262 g/mol. The molecule has 5 nitrogen and oxygen atoms in total. The predicted octanol–water partition coefficient (Wildman–Crippen LogP) is 1.92. The maximum Gasteiger partial charge on any atom is 0.417 e. The quantitative estimate of drug-likeness (QED) is 0.895. The Kier molecular flexibility index (Phi) is 4.04. The van der Waals surface area contributed by atoms with E-state index in [-0.39, 0.29) is 5.91 Å². The van der Waals surface area contributed by atoms with Crippen molar-refractivity contribution in [3.63, 3.8) is 0 Å². The van der Waals surface area contributed by atoms with Crippen LogP contribution >= 0.6 is 0 Å². The number of benzene rings is 1. The number of carbonyl (C=O) groups excluding carboxylic acids is 1. The van der Waals surface area contributed by atoms with Crippen molar-refractivity contribution in [3.05, 3.63) is 34.3 Å². The molecule has 0 unspecified atom stereocenters. The molecule has 0 fully saturated rings. The zero-order valence-corrected chi connectivity index (χ0v) is 11.2. The van der Waals surface area contributed by atoms with Crippen molar-refractivity contribution in [1.29, 1.82) is 0 Å². The molecular formula is C14H18N2O3. The molecule has 1 amide bonds. The normalized spacial score (nSPS) is 10.8. The summed E-state index contributed by atoms with van der Waals surface area (Å²) >= 11 is 0. The topological polar surface area (TPSA) is 66.3 Å². The van der Waals surface area contributed by atoms with Crippen LogP contribution in [-0.4, -0.2) is 28.9 Å². The molecule has 0 saturated heterocycles. The molecule has 0 aliphatic heterocycles. The minimum Gasteiger partial charge on any atom is -0.408 e. The third-order valence-corrected chi connectivity index (χ3v) is 3.23. The van der Waals surface area contributed by atoms with E-state index in [1.807, 2.05) is 30.9 Å². The van der Waals surface area contributed by atoms with Crippen LogP contribution in [0.5, 0.6) is 0 Å². The number of oxazole rings is 1. The van der Waals surface area contributed by atoms with Gasteiger partial charge in [-0.2, -0.15) is 0 Å². The molecular weight excluding hydrogens is 244 g/mol. The molecule has 0 aliphatic carbocycles. The van der Waals surface area contributed by atoms with Gasteiger partial charge in [-0.25, -0.2) is 4.79 Å². The fourth-order valence-corrected chi connectivity index (χ4v) is 2.14. The SMILES string of the molecule is CCN(CC)C(=O)CCc1ccc2oc(=O)[nH]c2c1. The lowest BCUT2D eigenvalue weighted by Crippen LogP contribution is -2.30. The molecule has 1 heterocycles. The largest absolute Gasteiger partial charge is 0.417 e. The van der Waals surface area contributed by atoms with Gasteiger partial charge in [0.05, 0.1) is 5.52 Å². The van der Waals surface area contributed by atoms with E-state index in [0.29, 0.717) is 23.9 Å². The van der Waals surface area contributed by atoms with Gasteiger partial charge < -0.3 is 9.32 Å². The molecule has 2 aromatic rings. The highest BCUT2D eigenvalue weighted by Crippen LogP contribution is 2.14. The van der Waals surface area contributed by atoms with Crippen molar-refractivity contribution >= 4 is 17.0 Å². The summed E-state index contributed by atoms with van der Waals surface area (Å²) in [6, 6.07) is 5.49. The van der Waals surface area contributed by atoms with Gasteiger partial charge in [-0.1, -0.05) is 6.07 Å². The summed E-state index contributed by atoms with van der Waals surface area (Å²) in [5, 5.41) is 0. The van der Waals surface area contributed by atoms with E-state index in [9.17, 15) is 9.59 Å². The Labute approximate surface area is 111 Å². The Hall–Kier alpha value is -2.04. The lowest BCUT2D eigenvalue weighted by molar-refractivity contribution is -0.130. The molecule has 0 radical (unpaired) electrons. The summed E-state index contributed by atoms with van der Waals surface area (Å²) in [5.41, 5.74) is 2.24. The molecule has 0 atom stereocenters. The van der Waals surface area contributed by atoms with Crippen LogP contribution in [0.25, 0.3) is 11.1 Å². The Bertz CT molecular complexity index is 623. The number of amides is 1. The lowest BCUT2D eigenvalue weighted by Gasteiger charge is -2.18. The number of aromatic nitrogens is 1. The van der Waals surface area contributed by atoms with Crippen LogP contribution in [0.4, 0.5) is 0 Å². The van der Waals surface area contributed by atoms with E-state index >= 15 is 0 Å². The fourth-order valence-electron chi connectivity index (χ4n) is 2.14. The van der Waals surface area contributed by atoms with Gasteiger partial charge in [-0.15, -0.1) is 0 Å². The molecule has 19 heavy (non-hydrogen) atoms. The van der Waals surface area contributed by atoms with Crippen molar-refractivity contribution < 1.29 is 9.21 Å². The monoisotopic (exact) mass is 262 g/mol. The van der Waals surface area contributed by atoms with Crippen molar-refractivity contribution in [2.45, 2.75) is 26.7 Å². The third kappa shape index (κ3) is 3.05. The second-order valence-electron chi connectivity index (χ2n) is 4.41. The Morgan fingerprint density at radius 1 is 1.32 bits per heavy atom. The zero-order chi connectivity index (χ0) is 13.8. The van der Waals surface area contributed by atoms with E-state index in [4.69, 9.17) is 4.42 Å². The van der Waals surface area contributed by atoms with Gasteiger partial charge in [-0.05, 0) is 38.0 Å². The Balaban J connectivity index is 2.05. The standard InChI is InChI=1S/C14H18N2O3/c1-3-16(4-2)13(17)8-6-10-5-7-12-11(9-10)15-14(18)19-12/h5,7,9H,3-4,6,8H2,1-2H3,(H,15,18). The molecule has 0 saturated carbocycles. The zero-order valence-electron chi connectivity index (χ0n) is 11.2. The van der Waals surface area contributed by atoms with Gasteiger partial charge in [0.1, 0.15) is 0 Å². The highest BCUT2D eigenvalue weighted by molar-refractivity contribution is 5.77. The third-order valence-electron chi connectivity index (χ3n) is 3.23. The number of nitrogens with zero attached hydrogens (tertiary/aromatic N) is 1. The summed E-state index contributed by atoms with van der Waals surface area (Å²) in [4.78, 5) is 27.4. The summed E-state index contributed by atoms with van der Waals surface area (Å²) in [6.45, 7) is 5.43. The number of fused-ring (bicyclic) bond motifs is 1. The molecule has 2 rings (SSSR count). The van der Waals surface area contributed by atoms with Gasteiger partial charge in [0.15, 0.2) is 5.58 Å². The number of aromatic amines is 1. The maximum absolute atomic E-state index is 11.9. The summed E-state index contributed by atoms with van der Waals surface area (Å²) in [7, 11) is 0. The van der Waals surface area contributed by atoms with E-state index in [0.717, 1.165) is 18.7 Å². The van der Waals surface area contributed by atoms with Crippen molar-refractivity contribution in [2.75, 3.05) is 13.1 Å².